The molecule has 0 fully saturated rings. The lowest BCUT2D eigenvalue weighted by atomic mass is 10.4. The number of aliphatic imine (C=N–C) groups is 1. The number of guanidine groups is 1. The van der Waals surface area contributed by atoms with Gasteiger partial charge in [-0.05, 0) is 13.3 Å². The second kappa shape index (κ2) is 9.14. The molecule has 0 spiro atoms. The Labute approximate surface area is 152 Å². The average Bonchev–Trinajstić information content (AvgIpc) is 3.21. The molecule has 0 amide bonds. The lowest BCUT2D eigenvalue weighted by Crippen LogP contribution is -2.38. The first-order valence-corrected chi connectivity index (χ1v) is 9.59. The Kier molecular flexibility index (Phi) is 7.18. The Hall–Kier alpha value is -1.68. The van der Waals surface area contributed by atoms with Crippen LogP contribution in [0.15, 0.2) is 16.6 Å². The van der Waals surface area contributed by atoms with E-state index in [1.54, 1.807) is 11.3 Å². The molecular weight excluding hydrogens is 371 g/mol. The minimum Gasteiger partial charge on any atom is -0.357 e. The third-order valence-corrected chi connectivity index (χ3v) is 5.18. The molecule has 0 aliphatic heterocycles. The molecule has 10 heteroatoms. The van der Waals surface area contributed by atoms with E-state index in [2.05, 4.69) is 32.5 Å². The number of nitrogens with one attached hydrogen (secondary N) is 2. The summed E-state index contributed by atoms with van der Waals surface area (Å²) in [6, 6.07) is 0. The van der Waals surface area contributed by atoms with E-state index in [1.165, 1.54) is 4.88 Å². The molecular formula is C15H20F3N5S2. The van der Waals surface area contributed by atoms with Crippen molar-refractivity contribution < 1.29 is 13.2 Å². The van der Waals surface area contributed by atoms with E-state index in [1.807, 2.05) is 13.1 Å². The van der Waals surface area contributed by atoms with Crippen LogP contribution < -0.4 is 10.6 Å². The molecule has 138 valence electrons. The van der Waals surface area contributed by atoms with Gasteiger partial charge in [0.05, 0.1) is 11.6 Å². The van der Waals surface area contributed by atoms with E-state index in [-0.39, 0.29) is 6.54 Å². The van der Waals surface area contributed by atoms with Crippen molar-refractivity contribution in [1.82, 2.24) is 20.6 Å². The molecule has 5 nitrogen and oxygen atoms in total. The number of aromatic nitrogens is 2. The second-order valence-corrected chi connectivity index (χ2v) is 7.21. The van der Waals surface area contributed by atoms with Crippen molar-refractivity contribution in [3.05, 3.63) is 32.2 Å². The molecule has 0 atom stereocenters. The van der Waals surface area contributed by atoms with E-state index in [0.29, 0.717) is 24.1 Å². The number of rotatable bonds is 7. The fraction of sp³-hybridized carbons (Fsp3) is 0.533. The van der Waals surface area contributed by atoms with E-state index >= 15 is 0 Å². The zero-order valence-electron chi connectivity index (χ0n) is 14.0. The number of aryl methyl sites for hydroxylation is 1. The van der Waals surface area contributed by atoms with Crippen LogP contribution in [0.4, 0.5) is 13.2 Å². The molecule has 25 heavy (non-hydrogen) atoms. The molecule has 2 aromatic heterocycles. The largest absolute Gasteiger partial charge is 0.434 e. The maximum absolute atomic E-state index is 12.6. The third kappa shape index (κ3) is 6.28. The van der Waals surface area contributed by atoms with E-state index < -0.39 is 11.9 Å². The molecule has 0 unspecified atom stereocenters. The summed E-state index contributed by atoms with van der Waals surface area (Å²) in [7, 11) is 0. The van der Waals surface area contributed by atoms with Gasteiger partial charge < -0.3 is 10.6 Å². The Morgan fingerprint density at radius 3 is 2.64 bits per heavy atom. The Bertz CT molecular complexity index is 693. The molecule has 2 aromatic rings. The molecule has 2 rings (SSSR count). The lowest BCUT2D eigenvalue weighted by Gasteiger charge is -2.10. The molecule has 0 aliphatic rings. The second-order valence-electron chi connectivity index (χ2n) is 5.07. The molecule has 2 N–H and O–H groups in total. The highest BCUT2D eigenvalue weighted by Gasteiger charge is 2.33. The summed E-state index contributed by atoms with van der Waals surface area (Å²) in [5.41, 5.74) is -0.865. The number of hydrogen-bond acceptors (Lipinski definition) is 5. The van der Waals surface area contributed by atoms with Gasteiger partial charge in [-0.25, -0.2) is 15.0 Å². The van der Waals surface area contributed by atoms with Crippen LogP contribution in [-0.2, 0) is 25.6 Å². The van der Waals surface area contributed by atoms with Gasteiger partial charge in [0.15, 0.2) is 11.7 Å². The summed E-state index contributed by atoms with van der Waals surface area (Å²) >= 11 is 2.65. The van der Waals surface area contributed by atoms with Crippen molar-refractivity contribution in [2.45, 2.75) is 39.4 Å². The Morgan fingerprint density at radius 1 is 1.24 bits per heavy atom. The Morgan fingerprint density at radius 2 is 2.04 bits per heavy atom. The number of alkyl halides is 3. The molecule has 0 bridgehead atoms. The summed E-state index contributed by atoms with van der Waals surface area (Å²) < 4.78 is 37.7. The minimum absolute atomic E-state index is 0.104. The predicted octanol–water partition coefficient (Wildman–Crippen LogP) is 3.48. The summed E-state index contributed by atoms with van der Waals surface area (Å²) in [6.07, 6.45) is -0.778. The number of hydrogen-bond donors (Lipinski definition) is 2. The average molecular weight is 391 g/mol. The van der Waals surface area contributed by atoms with Gasteiger partial charge >= 0.3 is 6.18 Å². The normalized spacial score (nSPS) is 12.4. The molecule has 0 saturated carbocycles. The third-order valence-electron chi connectivity index (χ3n) is 3.14. The van der Waals surface area contributed by atoms with Gasteiger partial charge in [0.25, 0.3) is 0 Å². The predicted molar refractivity (Wildman–Crippen MR) is 95.1 cm³/mol. The van der Waals surface area contributed by atoms with Gasteiger partial charge in [-0.15, -0.1) is 22.7 Å². The zero-order valence-corrected chi connectivity index (χ0v) is 15.6. The van der Waals surface area contributed by atoms with Crippen LogP contribution in [0.3, 0.4) is 0 Å². The molecule has 0 radical (unpaired) electrons. The van der Waals surface area contributed by atoms with Crippen LogP contribution in [0.2, 0.25) is 0 Å². The fourth-order valence-electron chi connectivity index (χ4n) is 1.92. The standard InChI is InChI=1S/C15H20F3N5S2/c1-3-10-7-21-12(25-10)5-6-20-14(19-4-2)22-8-13-23-11(9-24-13)15(16,17)18/h7,9H,3-6,8H2,1-2H3,(H2,19,20,22). The Balaban J connectivity index is 1.88. The van der Waals surface area contributed by atoms with Crippen molar-refractivity contribution in [3.63, 3.8) is 0 Å². The first-order chi connectivity index (χ1) is 11.9. The SMILES string of the molecule is CCNC(=NCc1nc(C(F)(F)F)cs1)NCCc1ncc(CC)s1. The van der Waals surface area contributed by atoms with Crippen molar-refractivity contribution in [3.8, 4) is 0 Å². The molecule has 0 aromatic carbocycles. The van der Waals surface area contributed by atoms with Crippen molar-refractivity contribution in [2.24, 2.45) is 4.99 Å². The number of nitrogens with zero attached hydrogens (tertiary/aromatic N) is 3. The summed E-state index contributed by atoms with van der Waals surface area (Å²) in [4.78, 5) is 13.5. The smallest absolute Gasteiger partial charge is 0.357 e. The molecule has 0 saturated heterocycles. The van der Waals surface area contributed by atoms with Crippen molar-refractivity contribution in [1.29, 1.82) is 0 Å². The van der Waals surface area contributed by atoms with Crippen LogP contribution in [0.5, 0.6) is 0 Å². The highest BCUT2D eigenvalue weighted by Crippen LogP contribution is 2.30. The quantitative estimate of drug-likeness (QED) is 0.560. The van der Waals surface area contributed by atoms with Gasteiger partial charge in [0.1, 0.15) is 5.01 Å². The molecule has 2 heterocycles. The monoisotopic (exact) mass is 391 g/mol. The highest BCUT2D eigenvalue weighted by molar-refractivity contribution is 7.11. The maximum atomic E-state index is 12.6. The van der Waals surface area contributed by atoms with E-state index in [4.69, 9.17) is 0 Å². The minimum atomic E-state index is -4.41. The summed E-state index contributed by atoms with van der Waals surface area (Å²) in [5, 5.41) is 8.63. The van der Waals surface area contributed by atoms with Gasteiger partial charge in [-0.3, -0.25) is 0 Å². The number of thiazole rings is 2. The topological polar surface area (TPSA) is 62.2 Å². The van der Waals surface area contributed by atoms with Crippen LogP contribution in [0.1, 0.15) is 34.4 Å². The first-order valence-electron chi connectivity index (χ1n) is 7.89. The van der Waals surface area contributed by atoms with Gasteiger partial charge in [0.2, 0.25) is 0 Å². The van der Waals surface area contributed by atoms with E-state index in [9.17, 15) is 13.2 Å². The van der Waals surface area contributed by atoms with Crippen molar-refractivity contribution >= 4 is 28.6 Å². The fourth-order valence-corrected chi connectivity index (χ4v) is 3.50. The van der Waals surface area contributed by atoms with E-state index in [0.717, 1.165) is 34.6 Å². The molecule has 0 aliphatic carbocycles. The zero-order chi connectivity index (χ0) is 18.3. The lowest BCUT2D eigenvalue weighted by molar-refractivity contribution is -0.140. The summed E-state index contributed by atoms with van der Waals surface area (Å²) in [6.45, 7) is 5.43. The first kappa shape index (κ1) is 19.6. The van der Waals surface area contributed by atoms with Gasteiger partial charge in [0, 0.05) is 36.0 Å². The van der Waals surface area contributed by atoms with Crippen LogP contribution in [0, 0.1) is 0 Å². The van der Waals surface area contributed by atoms with Gasteiger partial charge in [-0.2, -0.15) is 13.2 Å². The van der Waals surface area contributed by atoms with Crippen LogP contribution >= 0.6 is 22.7 Å². The van der Waals surface area contributed by atoms with Crippen molar-refractivity contribution in [2.75, 3.05) is 13.1 Å². The maximum Gasteiger partial charge on any atom is 0.434 e. The highest BCUT2D eigenvalue weighted by atomic mass is 32.1. The number of halogens is 3. The van der Waals surface area contributed by atoms with Crippen LogP contribution in [0.25, 0.3) is 0 Å². The van der Waals surface area contributed by atoms with Crippen LogP contribution in [-0.4, -0.2) is 29.0 Å². The summed E-state index contributed by atoms with van der Waals surface area (Å²) in [5.74, 6) is 0.554. The van der Waals surface area contributed by atoms with Gasteiger partial charge in [-0.1, -0.05) is 6.92 Å².